The van der Waals surface area contributed by atoms with Gasteiger partial charge in [0.25, 0.3) is 0 Å². The molecule has 0 bridgehead atoms. The number of fused-ring (bicyclic) bond motifs is 3. The number of carbonyl (C=O) groups is 2. The van der Waals surface area contributed by atoms with Gasteiger partial charge in [0.2, 0.25) is 11.9 Å². The second-order valence-corrected chi connectivity index (χ2v) is 9.07. The van der Waals surface area contributed by atoms with Crippen molar-refractivity contribution in [2.75, 3.05) is 39.4 Å². The second-order valence-electron chi connectivity index (χ2n) is 9.07. The number of esters is 1. The molecule has 9 heteroatoms. The van der Waals surface area contributed by atoms with E-state index < -0.39 is 17.9 Å². The zero-order chi connectivity index (χ0) is 26.0. The predicted octanol–water partition coefficient (Wildman–Crippen LogP) is 4.22. The summed E-state index contributed by atoms with van der Waals surface area (Å²) in [7, 11) is 4.61. The number of ether oxygens (including phenoxy) is 4. The quantitative estimate of drug-likeness (QED) is 0.324. The van der Waals surface area contributed by atoms with Crippen molar-refractivity contribution in [3.63, 3.8) is 0 Å². The molecule has 1 aliphatic heterocycles. The number of carbonyl (C=O) groups excluding carboxylic acids is 2. The number of methoxy groups -OCH3 is 3. The van der Waals surface area contributed by atoms with E-state index in [2.05, 4.69) is 13.8 Å². The number of para-hydroxylation sites is 2. The standard InChI is InChI=1S/C27H33N3O6/c1-7-36-26(32)23-24(17-14-21(34-5)22(35-6)15-20(17)33-4)30-19-11-9-8-10-18(19)28-27(30)29(25(23)31)13-12-16(2)3/h8-11,14-16,23-24H,7,12-13H2,1-6H3/t23-,24-/m1/s1. The summed E-state index contributed by atoms with van der Waals surface area (Å²) < 4.78 is 24.1. The summed E-state index contributed by atoms with van der Waals surface area (Å²) in [6.07, 6.45) is 0.759. The Hall–Kier alpha value is -3.75. The summed E-state index contributed by atoms with van der Waals surface area (Å²) in [5.41, 5.74) is 2.11. The Morgan fingerprint density at radius 3 is 2.33 bits per heavy atom. The Bertz CT molecular complexity index is 1270. The molecule has 0 unspecified atom stereocenters. The number of hydrogen-bond acceptors (Lipinski definition) is 7. The Kier molecular flexibility index (Phi) is 7.37. The van der Waals surface area contributed by atoms with E-state index >= 15 is 0 Å². The highest BCUT2D eigenvalue weighted by Gasteiger charge is 2.49. The van der Waals surface area contributed by atoms with Crippen LogP contribution in [-0.2, 0) is 14.3 Å². The van der Waals surface area contributed by atoms with Crippen molar-refractivity contribution >= 4 is 28.9 Å². The van der Waals surface area contributed by atoms with Gasteiger partial charge >= 0.3 is 5.97 Å². The molecule has 36 heavy (non-hydrogen) atoms. The van der Waals surface area contributed by atoms with Crippen LogP contribution >= 0.6 is 0 Å². The van der Waals surface area contributed by atoms with Crippen LogP contribution in [-0.4, -0.2) is 55.9 Å². The van der Waals surface area contributed by atoms with Crippen molar-refractivity contribution in [1.82, 2.24) is 9.55 Å². The van der Waals surface area contributed by atoms with Gasteiger partial charge in [0.15, 0.2) is 17.4 Å². The summed E-state index contributed by atoms with van der Waals surface area (Å²) in [6, 6.07) is 10.3. The average molecular weight is 496 g/mol. The van der Waals surface area contributed by atoms with Crippen LogP contribution in [0.2, 0.25) is 0 Å². The van der Waals surface area contributed by atoms with Crippen molar-refractivity contribution < 1.29 is 28.5 Å². The van der Waals surface area contributed by atoms with Crippen LogP contribution in [0.15, 0.2) is 36.4 Å². The van der Waals surface area contributed by atoms with Crippen LogP contribution in [0.5, 0.6) is 17.2 Å². The third-order valence-electron chi connectivity index (χ3n) is 6.47. The first-order valence-electron chi connectivity index (χ1n) is 12.1. The summed E-state index contributed by atoms with van der Waals surface area (Å²) >= 11 is 0. The molecule has 1 aliphatic rings. The molecule has 0 N–H and O–H groups in total. The summed E-state index contributed by atoms with van der Waals surface area (Å²) in [5, 5.41) is 0. The van der Waals surface area contributed by atoms with Crippen LogP contribution < -0.4 is 19.1 Å². The van der Waals surface area contributed by atoms with E-state index in [0.717, 1.165) is 17.5 Å². The van der Waals surface area contributed by atoms with E-state index in [9.17, 15) is 9.59 Å². The maximum atomic E-state index is 14.0. The first kappa shape index (κ1) is 25.3. The predicted molar refractivity (Wildman–Crippen MR) is 136 cm³/mol. The largest absolute Gasteiger partial charge is 0.496 e. The summed E-state index contributed by atoms with van der Waals surface area (Å²) in [5.74, 6) is 0.151. The van der Waals surface area contributed by atoms with Gasteiger partial charge in [0.1, 0.15) is 5.75 Å². The molecule has 0 spiro atoms. The minimum atomic E-state index is -1.14. The van der Waals surface area contributed by atoms with Gasteiger partial charge in [0.05, 0.1) is 45.0 Å². The number of amides is 1. The van der Waals surface area contributed by atoms with Gasteiger partial charge in [-0.2, -0.15) is 0 Å². The number of benzene rings is 2. The number of anilines is 1. The van der Waals surface area contributed by atoms with Crippen LogP contribution in [0.4, 0.5) is 5.95 Å². The van der Waals surface area contributed by atoms with Crippen molar-refractivity contribution in [1.29, 1.82) is 0 Å². The molecule has 4 rings (SSSR count). The van der Waals surface area contributed by atoms with Gasteiger partial charge in [-0.25, -0.2) is 4.98 Å². The topological polar surface area (TPSA) is 92.1 Å². The van der Waals surface area contributed by atoms with E-state index in [4.69, 9.17) is 23.9 Å². The maximum absolute atomic E-state index is 14.0. The fourth-order valence-electron chi connectivity index (χ4n) is 4.71. The lowest BCUT2D eigenvalue weighted by molar-refractivity contribution is -0.153. The zero-order valence-corrected chi connectivity index (χ0v) is 21.6. The molecule has 2 heterocycles. The molecule has 0 aliphatic carbocycles. The zero-order valence-electron chi connectivity index (χ0n) is 21.6. The van der Waals surface area contributed by atoms with E-state index in [1.165, 1.54) is 21.3 Å². The Morgan fingerprint density at radius 1 is 1.03 bits per heavy atom. The number of aromatic nitrogens is 2. The third-order valence-corrected chi connectivity index (χ3v) is 6.47. The molecule has 0 fully saturated rings. The lowest BCUT2D eigenvalue weighted by Crippen LogP contribution is -2.50. The summed E-state index contributed by atoms with van der Waals surface area (Å²) in [6.45, 7) is 6.51. The highest BCUT2D eigenvalue weighted by molar-refractivity contribution is 6.08. The first-order chi connectivity index (χ1) is 17.4. The maximum Gasteiger partial charge on any atom is 0.321 e. The lowest BCUT2D eigenvalue weighted by atomic mass is 9.88. The van der Waals surface area contributed by atoms with Crippen LogP contribution in [0.3, 0.4) is 0 Å². The van der Waals surface area contributed by atoms with Gasteiger partial charge in [-0.15, -0.1) is 0 Å². The fraction of sp³-hybridized carbons (Fsp3) is 0.444. The molecule has 1 amide bonds. The molecule has 0 saturated carbocycles. The number of imidazole rings is 1. The minimum absolute atomic E-state index is 0.155. The Morgan fingerprint density at radius 2 is 1.69 bits per heavy atom. The molecule has 2 aromatic carbocycles. The number of nitrogens with zero attached hydrogens (tertiary/aromatic N) is 3. The van der Waals surface area contributed by atoms with Crippen molar-refractivity contribution in [2.24, 2.45) is 11.8 Å². The van der Waals surface area contributed by atoms with Crippen molar-refractivity contribution in [2.45, 2.75) is 33.2 Å². The van der Waals surface area contributed by atoms with Crippen molar-refractivity contribution in [3.05, 3.63) is 42.0 Å². The average Bonchev–Trinajstić information content (AvgIpc) is 3.25. The molecule has 2 atom stereocenters. The summed E-state index contributed by atoms with van der Waals surface area (Å²) in [4.78, 5) is 33.9. The molecular weight excluding hydrogens is 462 g/mol. The number of rotatable bonds is 9. The molecule has 3 aromatic rings. The second kappa shape index (κ2) is 10.5. The highest BCUT2D eigenvalue weighted by Crippen LogP contribution is 2.47. The lowest BCUT2D eigenvalue weighted by Gasteiger charge is -2.38. The number of hydrogen-bond donors (Lipinski definition) is 0. The normalized spacial score (nSPS) is 17.3. The van der Waals surface area contributed by atoms with E-state index in [-0.39, 0.29) is 12.5 Å². The monoisotopic (exact) mass is 495 g/mol. The van der Waals surface area contributed by atoms with E-state index in [1.54, 1.807) is 24.0 Å². The Labute approximate surface area is 210 Å². The van der Waals surface area contributed by atoms with Crippen LogP contribution in [0.25, 0.3) is 11.0 Å². The van der Waals surface area contributed by atoms with Gasteiger partial charge in [0, 0.05) is 18.2 Å². The molecule has 192 valence electrons. The van der Waals surface area contributed by atoms with E-state index in [0.29, 0.717) is 41.2 Å². The van der Waals surface area contributed by atoms with Gasteiger partial charge < -0.3 is 23.5 Å². The Balaban J connectivity index is 2.04. The minimum Gasteiger partial charge on any atom is -0.496 e. The van der Waals surface area contributed by atoms with Crippen LogP contribution in [0, 0.1) is 11.8 Å². The van der Waals surface area contributed by atoms with Gasteiger partial charge in [-0.3, -0.25) is 14.5 Å². The SMILES string of the molecule is CCOC(=O)[C@H]1C(=O)N(CCC(C)C)c2nc3ccccc3n2[C@@H]1c1cc(OC)c(OC)cc1OC. The molecule has 1 aromatic heterocycles. The van der Waals surface area contributed by atoms with E-state index in [1.807, 2.05) is 28.8 Å². The van der Waals surface area contributed by atoms with Gasteiger partial charge in [-0.1, -0.05) is 26.0 Å². The third kappa shape index (κ3) is 4.34. The highest BCUT2D eigenvalue weighted by atomic mass is 16.5. The van der Waals surface area contributed by atoms with Crippen molar-refractivity contribution in [3.8, 4) is 17.2 Å². The first-order valence-corrected chi connectivity index (χ1v) is 12.1. The fourth-order valence-corrected chi connectivity index (χ4v) is 4.71. The molecular formula is C27H33N3O6. The molecule has 0 radical (unpaired) electrons. The van der Waals surface area contributed by atoms with Crippen LogP contribution in [0.1, 0.15) is 38.8 Å². The molecule has 9 nitrogen and oxygen atoms in total. The smallest absolute Gasteiger partial charge is 0.321 e. The van der Waals surface area contributed by atoms with Gasteiger partial charge in [-0.05, 0) is 37.5 Å². The molecule has 0 saturated heterocycles.